The number of carbonyl (C=O) groups is 1. The molecule has 0 saturated carbocycles. The summed E-state index contributed by atoms with van der Waals surface area (Å²) in [5.41, 5.74) is 0.463. The molecule has 0 spiro atoms. The lowest BCUT2D eigenvalue weighted by atomic mass is 10.3. The number of hydrogen-bond donors (Lipinski definition) is 1. The van der Waals surface area contributed by atoms with E-state index in [-0.39, 0.29) is 5.82 Å². The Morgan fingerprint density at radius 2 is 2.00 bits per heavy atom. The lowest BCUT2D eigenvalue weighted by Crippen LogP contribution is -2.09. The monoisotopic (exact) mass is 168 g/mol. The molecule has 0 aliphatic rings. The summed E-state index contributed by atoms with van der Waals surface area (Å²) in [6.45, 7) is 0. The van der Waals surface area contributed by atoms with Crippen LogP contribution in [0, 0.1) is 12.9 Å². The number of rotatable bonds is 1. The van der Waals surface area contributed by atoms with Gasteiger partial charge in [0.1, 0.15) is 12.9 Å². The van der Waals surface area contributed by atoms with Crippen LogP contribution in [0.4, 0.5) is 14.9 Å². The highest BCUT2D eigenvalue weighted by molar-refractivity contribution is 5.84. The van der Waals surface area contributed by atoms with Gasteiger partial charge in [0, 0.05) is 5.69 Å². The van der Waals surface area contributed by atoms with Gasteiger partial charge in [-0.25, -0.2) is 9.18 Å². The molecule has 1 amide bonds. The average Bonchev–Trinajstić information content (AvgIpc) is 2.09. The molecule has 1 aromatic carbocycles. The Bertz CT molecular complexity index is 271. The fourth-order valence-electron chi connectivity index (χ4n) is 0.687. The number of anilines is 1. The number of amides is 1. The van der Waals surface area contributed by atoms with Gasteiger partial charge in [0.2, 0.25) is 0 Å². The maximum atomic E-state index is 12.3. The molecule has 0 heterocycles. The summed E-state index contributed by atoms with van der Waals surface area (Å²) in [4.78, 5) is 10.6. The maximum Gasteiger partial charge on any atom is 0.411 e. The molecule has 0 aliphatic carbocycles. The molecule has 0 aliphatic heterocycles. The standard InChI is InChI=1S/C8H7FNO2/c1-12-8(11)10-7-4-2-6(9)3-5-7/h2-5H,1H2,(H,10,11). The van der Waals surface area contributed by atoms with Gasteiger partial charge in [0.05, 0.1) is 0 Å². The zero-order chi connectivity index (χ0) is 8.97. The number of hydrogen-bond acceptors (Lipinski definition) is 2. The van der Waals surface area contributed by atoms with Gasteiger partial charge in [-0.15, -0.1) is 0 Å². The van der Waals surface area contributed by atoms with Gasteiger partial charge >= 0.3 is 6.09 Å². The van der Waals surface area contributed by atoms with Crippen LogP contribution in [0.3, 0.4) is 0 Å². The third-order valence-corrected chi connectivity index (χ3v) is 1.22. The summed E-state index contributed by atoms with van der Waals surface area (Å²) in [7, 11) is 2.91. The van der Waals surface area contributed by atoms with Crippen LogP contribution in [-0.2, 0) is 4.74 Å². The van der Waals surface area contributed by atoms with E-state index in [1.807, 2.05) is 0 Å². The highest BCUT2D eigenvalue weighted by Gasteiger charge is 1.99. The van der Waals surface area contributed by atoms with Crippen LogP contribution in [-0.4, -0.2) is 6.09 Å². The van der Waals surface area contributed by atoms with Crippen molar-refractivity contribution in [2.45, 2.75) is 0 Å². The number of nitrogens with one attached hydrogen (secondary N) is 1. The van der Waals surface area contributed by atoms with Crippen LogP contribution in [0.15, 0.2) is 24.3 Å². The zero-order valence-corrected chi connectivity index (χ0v) is 6.21. The van der Waals surface area contributed by atoms with Crippen molar-refractivity contribution in [3.05, 3.63) is 37.2 Å². The number of ether oxygens (including phenoxy) is 1. The van der Waals surface area contributed by atoms with Crippen LogP contribution in [0.25, 0.3) is 0 Å². The Balaban J connectivity index is 2.64. The number of benzene rings is 1. The minimum Gasteiger partial charge on any atom is -0.446 e. The van der Waals surface area contributed by atoms with Gasteiger partial charge in [-0.05, 0) is 24.3 Å². The first kappa shape index (κ1) is 8.52. The lowest BCUT2D eigenvalue weighted by molar-refractivity contribution is 0.199. The van der Waals surface area contributed by atoms with E-state index >= 15 is 0 Å². The molecule has 1 rings (SSSR count). The quantitative estimate of drug-likeness (QED) is 0.697. The van der Waals surface area contributed by atoms with Crippen LogP contribution in [0.1, 0.15) is 0 Å². The summed E-state index contributed by atoms with van der Waals surface area (Å²) in [5.74, 6) is -0.358. The summed E-state index contributed by atoms with van der Waals surface area (Å²) in [6, 6.07) is 5.32. The predicted molar refractivity (Wildman–Crippen MR) is 41.9 cm³/mol. The van der Waals surface area contributed by atoms with E-state index in [0.29, 0.717) is 5.69 Å². The molecular weight excluding hydrogens is 161 g/mol. The SMILES string of the molecule is [CH2]OC(=O)Nc1ccc(F)cc1. The minimum atomic E-state index is -0.679. The fraction of sp³-hybridized carbons (Fsp3) is 0. The Labute approximate surface area is 69.2 Å². The van der Waals surface area contributed by atoms with Gasteiger partial charge in [-0.1, -0.05) is 0 Å². The average molecular weight is 168 g/mol. The van der Waals surface area contributed by atoms with E-state index in [1.54, 1.807) is 0 Å². The molecule has 1 aromatic rings. The third kappa shape index (κ3) is 2.23. The second-order valence-electron chi connectivity index (χ2n) is 2.06. The van der Waals surface area contributed by atoms with Crippen LogP contribution in [0.2, 0.25) is 0 Å². The number of carbonyl (C=O) groups excluding carboxylic acids is 1. The van der Waals surface area contributed by atoms with Crippen molar-refractivity contribution >= 4 is 11.8 Å². The second-order valence-corrected chi connectivity index (χ2v) is 2.06. The van der Waals surface area contributed by atoms with Crippen molar-refractivity contribution in [2.24, 2.45) is 0 Å². The Hall–Kier alpha value is -1.58. The fourth-order valence-corrected chi connectivity index (χ4v) is 0.687. The van der Waals surface area contributed by atoms with Gasteiger partial charge in [0.15, 0.2) is 0 Å². The van der Waals surface area contributed by atoms with E-state index in [2.05, 4.69) is 17.2 Å². The van der Waals surface area contributed by atoms with Gasteiger partial charge in [0.25, 0.3) is 0 Å². The minimum absolute atomic E-state index is 0.358. The lowest BCUT2D eigenvalue weighted by Gasteiger charge is -2.01. The topological polar surface area (TPSA) is 38.3 Å². The Morgan fingerprint density at radius 1 is 1.42 bits per heavy atom. The molecule has 0 atom stereocenters. The molecule has 1 N–H and O–H groups in total. The Morgan fingerprint density at radius 3 is 2.50 bits per heavy atom. The second kappa shape index (κ2) is 3.71. The molecule has 4 heteroatoms. The van der Waals surface area contributed by atoms with E-state index in [4.69, 9.17) is 0 Å². The van der Waals surface area contributed by atoms with Crippen LogP contribution >= 0.6 is 0 Å². The van der Waals surface area contributed by atoms with Crippen molar-refractivity contribution in [1.29, 1.82) is 0 Å². The molecule has 0 unspecified atom stereocenters. The van der Waals surface area contributed by atoms with E-state index in [0.717, 1.165) is 0 Å². The first-order valence-electron chi connectivity index (χ1n) is 3.21. The van der Waals surface area contributed by atoms with Crippen molar-refractivity contribution in [3.63, 3.8) is 0 Å². The normalized spacial score (nSPS) is 9.17. The predicted octanol–water partition coefficient (Wildman–Crippen LogP) is 2.17. The third-order valence-electron chi connectivity index (χ3n) is 1.22. The largest absolute Gasteiger partial charge is 0.446 e. The first-order valence-corrected chi connectivity index (χ1v) is 3.21. The molecule has 1 radical (unpaired) electrons. The maximum absolute atomic E-state index is 12.3. The van der Waals surface area contributed by atoms with E-state index in [1.165, 1.54) is 24.3 Å². The summed E-state index contributed by atoms with van der Waals surface area (Å²) in [5, 5.41) is 2.33. The van der Waals surface area contributed by atoms with Gasteiger partial charge in [-0.2, -0.15) is 0 Å². The highest BCUT2D eigenvalue weighted by atomic mass is 19.1. The molecule has 0 saturated heterocycles. The van der Waals surface area contributed by atoms with E-state index < -0.39 is 6.09 Å². The Kier molecular flexibility index (Phi) is 2.63. The van der Waals surface area contributed by atoms with Crippen molar-refractivity contribution < 1.29 is 13.9 Å². The van der Waals surface area contributed by atoms with Crippen LogP contribution < -0.4 is 5.32 Å². The molecule has 0 bridgehead atoms. The molecule has 3 nitrogen and oxygen atoms in total. The summed E-state index contributed by atoms with van der Waals surface area (Å²) < 4.78 is 16.4. The van der Waals surface area contributed by atoms with Gasteiger partial charge in [-0.3, -0.25) is 5.32 Å². The van der Waals surface area contributed by atoms with Gasteiger partial charge < -0.3 is 4.74 Å². The molecule has 0 fully saturated rings. The first-order chi connectivity index (χ1) is 5.72. The van der Waals surface area contributed by atoms with Crippen LogP contribution in [0.5, 0.6) is 0 Å². The molecule has 12 heavy (non-hydrogen) atoms. The summed E-state index contributed by atoms with van der Waals surface area (Å²) >= 11 is 0. The molecule has 0 aromatic heterocycles. The smallest absolute Gasteiger partial charge is 0.411 e. The highest BCUT2D eigenvalue weighted by Crippen LogP contribution is 2.07. The summed E-state index contributed by atoms with van der Waals surface area (Å²) in [6.07, 6.45) is -0.679. The zero-order valence-electron chi connectivity index (χ0n) is 6.21. The van der Waals surface area contributed by atoms with Crippen molar-refractivity contribution in [1.82, 2.24) is 0 Å². The molecular formula is C8H7FNO2. The van der Waals surface area contributed by atoms with Crippen molar-refractivity contribution in [3.8, 4) is 0 Å². The van der Waals surface area contributed by atoms with Crippen molar-refractivity contribution in [2.75, 3.05) is 5.32 Å². The number of halogens is 1. The van der Waals surface area contributed by atoms with E-state index in [9.17, 15) is 9.18 Å². The molecule has 63 valence electrons.